The summed E-state index contributed by atoms with van der Waals surface area (Å²) in [5, 5.41) is 0. The molecule has 0 aromatic heterocycles. The summed E-state index contributed by atoms with van der Waals surface area (Å²) in [5.74, 6) is -4.11. The van der Waals surface area contributed by atoms with E-state index in [1.54, 1.807) is 0 Å². The predicted octanol–water partition coefficient (Wildman–Crippen LogP) is -0.246. The molecule has 0 saturated carbocycles. The van der Waals surface area contributed by atoms with E-state index >= 15 is 0 Å². The Labute approximate surface area is 134 Å². The Hall–Kier alpha value is -1.57. The Morgan fingerprint density at radius 3 is 1.23 bits per heavy atom. The van der Waals surface area contributed by atoms with Gasteiger partial charge in [0.2, 0.25) is 6.54 Å². The average Bonchev–Trinajstić information content (AvgIpc) is 2.33. The lowest BCUT2D eigenvalue weighted by atomic mass is 10.3. The number of hydrogen-bond acceptors (Lipinski definition) is 6. The third kappa shape index (κ3) is 6.93. The fourth-order valence-corrected chi connectivity index (χ4v) is 2.23. The van der Waals surface area contributed by atoms with Gasteiger partial charge < -0.3 is 18.7 Å². The molecule has 0 aliphatic carbocycles. The monoisotopic (exact) mass is 319 g/mol. The Morgan fingerprint density at radius 2 is 1.05 bits per heavy atom. The Morgan fingerprint density at radius 1 is 0.773 bits per heavy atom. The van der Waals surface area contributed by atoms with E-state index in [-0.39, 0.29) is 15.0 Å². The highest BCUT2D eigenvalue weighted by Gasteiger charge is 2.49. The van der Waals surface area contributed by atoms with Crippen LogP contribution in [0.3, 0.4) is 0 Å². The Kier molecular flexibility index (Phi) is 9.76. The van der Waals surface area contributed by atoms with Crippen molar-refractivity contribution in [1.82, 2.24) is 0 Å². The van der Waals surface area contributed by atoms with Crippen molar-refractivity contribution in [3.63, 3.8) is 0 Å². The normalized spacial score (nSPS) is 11.2. The second-order valence-electron chi connectivity index (χ2n) is 4.91. The zero-order valence-corrected chi connectivity index (χ0v) is 13.7. The molecule has 0 unspecified atom stereocenters. The standard InChI is InChI=1S/C14H26NO6.BH4/c1-7-15(8-2,9-3)10-14(19-11(4)16,20-12(5)17)21-13(6)18;/h7-10H2,1-6H3;1H4/q+1;-1. The molecule has 0 N–H and O–H groups in total. The van der Waals surface area contributed by atoms with Crippen molar-refractivity contribution in [2.24, 2.45) is 0 Å². The zero-order chi connectivity index (χ0) is 16.7. The van der Waals surface area contributed by atoms with E-state index in [1.165, 1.54) is 20.8 Å². The van der Waals surface area contributed by atoms with E-state index in [2.05, 4.69) is 0 Å². The van der Waals surface area contributed by atoms with Crippen LogP contribution in [0.5, 0.6) is 0 Å². The highest BCUT2D eigenvalue weighted by atomic mass is 16.9. The molecule has 0 aromatic carbocycles. The summed E-state index contributed by atoms with van der Waals surface area (Å²) in [4.78, 5) is 34.1. The third-order valence-electron chi connectivity index (χ3n) is 3.44. The van der Waals surface area contributed by atoms with Gasteiger partial charge in [-0.1, -0.05) is 8.41 Å². The first kappa shape index (κ1) is 22.7. The van der Waals surface area contributed by atoms with Crippen molar-refractivity contribution in [3.05, 3.63) is 0 Å². The molecule has 0 spiro atoms. The van der Waals surface area contributed by atoms with Gasteiger partial charge in [0.15, 0.2) is 0 Å². The first-order chi connectivity index (χ1) is 9.64. The molecule has 22 heavy (non-hydrogen) atoms. The summed E-state index contributed by atoms with van der Waals surface area (Å²) in [6, 6.07) is 0. The van der Waals surface area contributed by atoms with Crippen molar-refractivity contribution in [2.45, 2.75) is 47.5 Å². The van der Waals surface area contributed by atoms with Gasteiger partial charge in [0.25, 0.3) is 0 Å². The maximum absolute atomic E-state index is 11.4. The summed E-state index contributed by atoms with van der Waals surface area (Å²) in [6.45, 7) is 11.6. The third-order valence-corrected chi connectivity index (χ3v) is 3.44. The van der Waals surface area contributed by atoms with Gasteiger partial charge >= 0.3 is 23.9 Å². The molecule has 0 rings (SSSR count). The van der Waals surface area contributed by atoms with Crippen LogP contribution in [0.1, 0.15) is 41.5 Å². The number of esters is 3. The van der Waals surface area contributed by atoms with Crippen LogP contribution in [-0.4, -0.2) is 63.0 Å². The van der Waals surface area contributed by atoms with Crippen LogP contribution in [0.2, 0.25) is 0 Å². The lowest BCUT2D eigenvalue weighted by Gasteiger charge is -2.41. The first-order valence-electron chi connectivity index (χ1n) is 7.08. The zero-order valence-electron chi connectivity index (χ0n) is 13.7. The second kappa shape index (κ2) is 9.45. The molecule has 0 aromatic rings. The maximum Gasteiger partial charge on any atom is 0.476 e. The van der Waals surface area contributed by atoms with Gasteiger partial charge in [-0.15, -0.1) is 0 Å². The minimum Gasteiger partial charge on any atom is -0.384 e. The molecular weight excluding hydrogens is 289 g/mol. The van der Waals surface area contributed by atoms with Crippen LogP contribution >= 0.6 is 0 Å². The summed E-state index contributed by atoms with van der Waals surface area (Å²) in [5.41, 5.74) is 0. The second-order valence-corrected chi connectivity index (χ2v) is 4.91. The van der Waals surface area contributed by atoms with Crippen LogP contribution in [0.25, 0.3) is 0 Å². The topological polar surface area (TPSA) is 78.9 Å². The molecule has 0 fully saturated rings. The number of ether oxygens (including phenoxy) is 3. The minimum absolute atomic E-state index is 0. The number of nitrogens with zero attached hydrogens (tertiary/aromatic N) is 1. The number of hydrogen-bond donors (Lipinski definition) is 0. The lowest BCUT2D eigenvalue weighted by Crippen LogP contribution is -2.60. The molecule has 0 saturated heterocycles. The first-order valence-corrected chi connectivity index (χ1v) is 7.08. The molecule has 0 heterocycles. The molecule has 7 nitrogen and oxygen atoms in total. The molecule has 0 aliphatic heterocycles. The predicted molar refractivity (Wildman–Crippen MR) is 86.1 cm³/mol. The van der Waals surface area contributed by atoms with Gasteiger partial charge in [0, 0.05) is 20.8 Å². The van der Waals surface area contributed by atoms with Gasteiger partial charge in [0.1, 0.15) is 0 Å². The molecule has 0 amide bonds. The smallest absolute Gasteiger partial charge is 0.384 e. The lowest BCUT2D eigenvalue weighted by molar-refractivity contribution is -0.935. The molecule has 0 aliphatic rings. The van der Waals surface area contributed by atoms with Gasteiger partial charge in [-0.3, -0.25) is 14.4 Å². The van der Waals surface area contributed by atoms with E-state index in [9.17, 15) is 14.4 Å². The van der Waals surface area contributed by atoms with Crippen LogP contribution in [0.15, 0.2) is 0 Å². The van der Waals surface area contributed by atoms with E-state index in [4.69, 9.17) is 14.2 Å². The fraction of sp³-hybridized carbons (Fsp3) is 0.786. The van der Waals surface area contributed by atoms with Gasteiger partial charge in [-0.25, -0.2) is 0 Å². The largest absolute Gasteiger partial charge is 0.476 e. The molecule has 0 atom stereocenters. The number of rotatable bonds is 8. The number of quaternary nitrogens is 1. The Balaban J connectivity index is 0. The highest BCUT2D eigenvalue weighted by Crippen LogP contribution is 2.23. The summed E-state index contributed by atoms with van der Waals surface area (Å²) < 4.78 is 15.7. The summed E-state index contributed by atoms with van der Waals surface area (Å²) in [7, 11) is 0. The quantitative estimate of drug-likeness (QED) is 0.266. The van der Waals surface area contributed by atoms with Crippen molar-refractivity contribution in [1.29, 1.82) is 0 Å². The van der Waals surface area contributed by atoms with Crippen LogP contribution in [0, 0.1) is 0 Å². The summed E-state index contributed by atoms with van der Waals surface area (Å²) in [6.07, 6.45) is 0. The van der Waals surface area contributed by atoms with Gasteiger partial charge in [0.05, 0.1) is 19.6 Å². The van der Waals surface area contributed by atoms with Crippen molar-refractivity contribution >= 4 is 26.3 Å². The van der Waals surface area contributed by atoms with E-state index in [1.807, 2.05) is 20.8 Å². The molecule has 130 valence electrons. The highest BCUT2D eigenvalue weighted by molar-refractivity contribution is 5.75. The SMILES string of the molecule is CC[N+](CC)(CC)CC(OC(C)=O)(OC(C)=O)OC(C)=O.[BH4-]. The van der Waals surface area contributed by atoms with Crippen molar-refractivity contribution in [3.8, 4) is 0 Å². The van der Waals surface area contributed by atoms with Crippen LogP contribution in [0.4, 0.5) is 0 Å². The molecular formula is C14H30BNO6. The van der Waals surface area contributed by atoms with Crippen molar-refractivity contribution < 1.29 is 33.1 Å². The van der Waals surface area contributed by atoms with Gasteiger partial charge in [-0.05, 0) is 20.8 Å². The van der Waals surface area contributed by atoms with Crippen LogP contribution < -0.4 is 0 Å². The molecule has 0 radical (unpaired) electrons. The average molecular weight is 319 g/mol. The van der Waals surface area contributed by atoms with E-state index in [0.717, 1.165) is 0 Å². The van der Waals surface area contributed by atoms with Gasteiger partial charge in [-0.2, -0.15) is 0 Å². The maximum atomic E-state index is 11.4. The molecule has 8 heteroatoms. The number of likely N-dealkylation sites (N-methyl/N-ethyl adjacent to an activating group) is 1. The minimum atomic E-state index is -2.02. The van der Waals surface area contributed by atoms with E-state index < -0.39 is 23.9 Å². The van der Waals surface area contributed by atoms with E-state index in [0.29, 0.717) is 24.1 Å². The molecule has 0 bridgehead atoms. The Bertz CT molecular complexity index is 346. The number of carbonyl (C=O) groups is 3. The van der Waals surface area contributed by atoms with Crippen LogP contribution in [-0.2, 0) is 28.6 Å². The fourth-order valence-electron chi connectivity index (χ4n) is 2.23. The summed E-state index contributed by atoms with van der Waals surface area (Å²) >= 11 is 0. The van der Waals surface area contributed by atoms with Crippen molar-refractivity contribution in [2.75, 3.05) is 26.2 Å². The number of carbonyl (C=O) groups excluding carboxylic acids is 3.